The van der Waals surface area contributed by atoms with Crippen molar-refractivity contribution in [3.05, 3.63) is 29.8 Å². The van der Waals surface area contributed by atoms with Crippen molar-refractivity contribution in [3.8, 4) is 5.75 Å². The van der Waals surface area contributed by atoms with Crippen molar-refractivity contribution in [2.45, 2.75) is 19.1 Å². The number of rotatable bonds is 2. The summed E-state index contributed by atoms with van der Waals surface area (Å²) in [6, 6.07) is 3.20. The maximum absolute atomic E-state index is 12.8. The highest BCUT2D eigenvalue weighted by atomic mass is 19.1. The molecule has 76 valence electrons. The van der Waals surface area contributed by atoms with E-state index in [1.165, 1.54) is 12.1 Å². The third kappa shape index (κ3) is 2.20. The Hall–Kier alpha value is -1.16. The summed E-state index contributed by atoms with van der Waals surface area (Å²) in [5.41, 5.74) is 0. The van der Waals surface area contributed by atoms with Gasteiger partial charge in [-0.2, -0.15) is 0 Å². The molecule has 1 atom stereocenters. The summed E-state index contributed by atoms with van der Waals surface area (Å²) in [5, 5.41) is 3.08. The van der Waals surface area contributed by atoms with Gasteiger partial charge in [-0.25, -0.2) is 8.78 Å². The molecule has 1 unspecified atom stereocenters. The van der Waals surface area contributed by atoms with Crippen LogP contribution in [0.25, 0.3) is 0 Å². The van der Waals surface area contributed by atoms with Crippen LogP contribution < -0.4 is 10.1 Å². The third-order valence-corrected chi connectivity index (χ3v) is 2.13. The van der Waals surface area contributed by atoms with Gasteiger partial charge < -0.3 is 4.74 Å². The molecule has 0 aliphatic carbocycles. The lowest BCUT2D eigenvalue weighted by Crippen LogP contribution is -2.27. The minimum Gasteiger partial charge on any atom is -0.475 e. The second-order valence-electron chi connectivity index (χ2n) is 3.31. The molecule has 0 aromatic heterocycles. The van der Waals surface area contributed by atoms with E-state index in [1.54, 1.807) is 0 Å². The Morgan fingerprint density at radius 3 is 2.50 bits per heavy atom. The zero-order chi connectivity index (χ0) is 9.97. The average molecular weight is 199 g/mol. The van der Waals surface area contributed by atoms with Crippen LogP contribution in [0.15, 0.2) is 18.2 Å². The minimum absolute atomic E-state index is 0.115. The van der Waals surface area contributed by atoms with Crippen molar-refractivity contribution in [1.29, 1.82) is 0 Å². The Bertz CT molecular complexity index is 304. The molecule has 0 radical (unpaired) electrons. The Morgan fingerprint density at radius 1 is 1.21 bits per heavy atom. The summed E-state index contributed by atoms with van der Waals surface area (Å²) >= 11 is 0. The standard InChI is InChI=1S/C10H11F2NO/c11-7-4-8(12)6-9(5-7)14-10-2-1-3-13-10/h4-6,10,13H,1-3H2. The average Bonchev–Trinajstić information content (AvgIpc) is 2.54. The molecule has 1 saturated heterocycles. The van der Waals surface area contributed by atoms with Gasteiger partial charge in [-0.15, -0.1) is 0 Å². The van der Waals surface area contributed by atoms with E-state index < -0.39 is 11.6 Å². The number of ether oxygens (including phenoxy) is 1. The second kappa shape index (κ2) is 3.92. The van der Waals surface area contributed by atoms with Crippen molar-refractivity contribution >= 4 is 0 Å². The summed E-state index contributed by atoms with van der Waals surface area (Å²) in [5.74, 6) is -0.988. The molecule has 14 heavy (non-hydrogen) atoms. The lowest BCUT2D eigenvalue weighted by Gasteiger charge is -2.13. The highest BCUT2D eigenvalue weighted by Gasteiger charge is 2.15. The Kier molecular flexibility index (Phi) is 2.63. The van der Waals surface area contributed by atoms with Crippen molar-refractivity contribution in [1.82, 2.24) is 5.32 Å². The molecule has 4 heteroatoms. The number of hydrogen-bond acceptors (Lipinski definition) is 2. The Balaban J connectivity index is 2.07. The second-order valence-corrected chi connectivity index (χ2v) is 3.31. The predicted molar refractivity (Wildman–Crippen MR) is 48.0 cm³/mol. The van der Waals surface area contributed by atoms with Crippen molar-refractivity contribution in [3.63, 3.8) is 0 Å². The van der Waals surface area contributed by atoms with Crippen molar-refractivity contribution in [2.24, 2.45) is 0 Å². The van der Waals surface area contributed by atoms with Crippen LogP contribution in [-0.4, -0.2) is 12.8 Å². The van der Waals surface area contributed by atoms with Gasteiger partial charge in [-0.1, -0.05) is 0 Å². The van der Waals surface area contributed by atoms with Gasteiger partial charge in [-0.3, -0.25) is 5.32 Å². The van der Waals surface area contributed by atoms with Gasteiger partial charge in [0, 0.05) is 18.2 Å². The van der Waals surface area contributed by atoms with Crippen molar-refractivity contribution < 1.29 is 13.5 Å². The van der Waals surface area contributed by atoms with Crippen LogP contribution >= 0.6 is 0 Å². The van der Waals surface area contributed by atoms with Crippen LogP contribution in [0, 0.1) is 11.6 Å². The van der Waals surface area contributed by atoms with Crippen LogP contribution in [0.3, 0.4) is 0 Å². The molecule has 2 rings (SSSR count). The van der Waals surface area contributed by atoms with E-state index in [2.05, 4.69) is 5.32 Å². The van der Waals surface area contributed by atoms with Gasteiger partial charge in [0.15, 0.2) is 0 Å². The van der Waals surface area contributed by atoms with E-state index in [1.807, 2.05) is 0 Å². The van der Waals surface area contributed by atoms with Crippen LogP contribution in [0.4, 0.5) is 8.78 Å². The smallest absolute Gasteiger partial charge is 0.150 e. The van der Waals surface area contributed by atoms with E-state index in [0.29, 0.717) is 0 Å². The number of benzene rings is 1. The molecule has 0 bridgehead atoms. The van der Waals surface area contributed by atoms with Gasteiger partial charge in [-0.05, 0) is 19.4 Å². The van der Waals surface area contributed by atoms with Gasteiger partial charge in [0.1, 0.15) is 23.6 Å². The first-order chi connectivity index (χ1) is 6.74. The molecule has 1 N–H and O–H groups in total. The van der Waals surface area contributed by atoms with E-state index in [0.717, 1.165) is 25.5 Å². The van der Waals surface area contributed by atoms with Crippen LogP contribution in [0.2, 0.25) is 0 Å². The SMILES string of the molecule is Fc1cc(F)cc(OC2CCCN2)c1. The summed E-state index contributed by atoms with van der Waals surface area (Å²) in [6.45, 7) is 0.891. The first-order valence-corrected chi connectivity index (χ1v) is 4.60. The fourth-order valence-electron chi connectivity index (χ4n) is 1.51. The van der Waals surface area contributed by atoms with E-state index in [9.17, 15) is 8.78 Å². The topological polar surface area (TPSA) is 21.3 Å². The van der Waals surface area contributed by atoms with Crippen LogP contribution in [0.5, 0.6) is 5.75 Å². The Labute approximate surface area is 80.9 Å². The molecule has 0 spiro atoms. The highest BCUT2D eigenvalue weighted by molar-refractivity contribution is 5.24. The zero-order valence-electron chi connectivity index (χ0n) is 7.59. The van der Waals surface area contributed by atoms with Crippen LogP contribution in [-0.2, 0) is 0 Å². The molecule has 1 aromatic carbocycles. The fraction of sp³-hybridized carbons (Fsp3) is 0.400. The van der Waals surface area contributed by atoms with Gasteiger partial charge >= 0.3 is 0 Å². The molecule has 1 aliphatic heterocycles. The molecular weight excluding hydrogens is 188 g/mol. The summed E-state index contributed by atoms with van der Waals surface area (Å²) in [7, 11) is 0. The summed E-state index contributed by atoms with van der Waals surface area (Å²) in [4.78, 5) is 0. The summed E-state index contributed by atoms with van der Waals surface area (Å²) in [6.07, 6.45) is 1.79. The van der Waals surface area contributed by atoms with E-state index >= 15 is 0 Å². The summed E-state index contributed by atoms with van der Waals surface area (Å²) < 4.78 is 30.9. The number of nitrogens with one attached hydrogen (secondary N) is 1. The van der Waals surface area contributed by atoms with Gasteiger partial charge in [0.05, 0.1) is 0 Å². The molecule has 0 saturated carbocycles. The molecule has 1 heterocycles. The Morgan fingerprint density at radius 2 is 1.93 bits per heavy atom. The third-order valence-electron chi connectivity index (χ3n) is 2.13. The molecule has 1 aromatic rings. The van der Waals surface area contributed by atoms with E-state index in [4.69, 9.17) is 4.74 Å². The first-order valence-electron chi connectivity index (χ1n) is 4.60. The number of halogens is 2. The molecule has 2 nitrogen and oxygen atoms in total. The van der Waals surface area contributed by atoms with Gasteiger partial charge in [0.25, 0.3) is 0 Å². The quantitative estimate of drug-likeness (QED) is 0.787. The molecular formula is C10H11F2NO. The molecule has 1 aliphatic rings. The minimum atomic E-state index is -0.613. The monoisotopic (exact) mass is 199 g/mol. The maximum Gasteiger partial charge on any atom is 0.150 e. The lowest BCUT2D eigenvalue weighted by molar-refractivity contribution is 0.186. The predicted octanol–water partition coefficient (Wildman–Crippen LogP) is 2.05. The highest BCUT2D eigenvalue weighted by Crippen LogP contribution is 2.18. The molecule has 0 amide bonds. The van der Waals surface area contributed by atoms with Crippen LogP contribution in [0.1, 0.15) is 12.8 Å². The fourth-order valence-corrected chi connectivity index (χ4v) is 1.51. The maximum atomic E-state index is 12.8. The first kappa shape index (κ1) is 9.40. The van der Waals surface area contributed by atoms with E-state index in [-0.39, 0.29) is 12.0 Å². The zero-order valence-corrected chi connectivity index (χ0v) is 7.59. The largest absolute Gasteiger partial charge is 0.475 e. The molecule has 1 fully saturated rings. The lowest BCUT2D eigenvalue weighted by atomic mass is 10.3. The normalized spacial score (nSPS) is 21.1. The van der Waals surface area contributed by atoms with Gasteiger partial charge in [0.2, 0.25) is 0 Å². The number of hydrogen-bond donors (Lipinski definition) is 1. The van der Waals surface area contributed by atoms with Crippen molar-refractivity contribution in [2.75, 3.05) is 6.54 Å².